The number of rotatable bonds is 9. The fourth-order valence-electron chi connectivity index (χ4n) is 2.14. The van der Waals surface area contributed by atoms with E-state index in [1.807, 2.05) is 0 Å². The zero-order valence-corrected chi connectivity index (χ0v) is 19.8. The normalized spacial score (nSPS) is 10.6. The van der Waals surface area contributed by atoms with Crippen molar-refractivity contribution in [2.24, 2.45) is 0 Å². The molecule has 27 heavy (non-hydrogen) atoms. The number of hydrogen-bond donors (Lipinski definition) is 0. The Labute approximate surface area is 163 Å². The van der Waals surface area contributed by atoms with E-state index in [4.69, 9.17) is 27.0 Å². The van der Waals surface area contributed by atoms with Gasteiger partial charge in [-0.2, -0.15) is 0 Å². The standard InChI is InChI=1S/C10H13O4.3C2H4O2.Pb/c1-11-7-14-8-4-5-9(12-2)10(6-8)13-3;3*1-2(3)4;/h5-6H,7H2,1-3H3;3*1H3,(H,3,4);/q;;;;+3/p-3. The van der Waals surface area contributed by atoms with Crippen LogP contribution < -0.4 is 17.3 Å². The van der Waals surface area contributed by atoms with Gasteiger partial charge in [0.15, 0.2) is 0 Å². The van der Waals surface area contributed by atoms with E-state index in [-0.39, 0.29) is 21.4 Å². The van der Waals surface area contributed by atoms with Gasteiger partial charge in [-0.1, -0.05) is 0 Å². The molecule has 0 aromatic heterocycles. The van der Waals surface area contributed by atoms with Crippen molar-refractivity contribution in [3.63, 3.8) is 0 Å². The van der Waals surface area contributed by atoms with Crippen molar-refractivity contribution >= 4 is 43.6 Å². The quantitative estimate of drug-likeness (QED) is 0.302. The average molecular weight is 582 g/mol. The van der Waals surface area contributed by atoms with Gasteiger partial charge < -0.3 is 0 Å². The molecule has 1 aromatic rings. The Balaban J connectivity index is 3.75. The number of hydrogen-bond acceptors (Lipinski definition) is 10. The van der Waals surface area contributed by atoms with Gasteiger partial charge in [-0.25, -0.2) is 0 Å². The van der Waals surface area contributed by atoms with Crippen LogP contribution in [0.3, 0.4) is 0 Å². The van der Waals surface area contributed by atoms with Crippen LogP contribution in [0.4, 0.5) is 0 Å². The summed E-state index contributed by atoms with van der Waals surface area (Å²) in [5.41, 5.74) is 0. The van der Waals surface area contributed by atoms with Crippen LogP contribution >= 0.6 is 0 Å². The molecule has 0 unspecified atom stereocenters. The van der Waals surface area contributed by atoms with Crippen molar-refractivity contribution in [2.45, 2.75) is 20.8 Å². The van der Waals surface area contributed by atoms with Crippen molar-refractivity contribution in [2.75, 3.05) is 28.1 Å². The van der Waals surface area contributed by atoms with E-state index in [0.717, 1.165) is 20.8 Å². The van der Waals surface area contributed by atoms with Crippen LogP contribution in [-0.4, -0.2) is 68.6 Å². The second kappa shape index (κ2) is 10.3. The maximum absolute atomic E-state index is 11.7. The van der Waals surface area contributed by atoms with Crippen LogP contribution in [0.2, 0.25) is 0 Å². The summed E-state index contributed by atoms with van der Waals surface area (Å²) in [4.78, 5) is 35.2. The van der Waals surface area contributed by atoms with Crippen molar-refractivity contribution in [1.29, 1.82) is 0 Å². The van der Waals surface area contributed by atoms with E-state index in [1.54, 1.807) is 0 Å². The van der Waals surface area contributed by atoms with Crippen LogP contribution in [0.15, 0.2) is 12.1 Å². The Bertz CT molecular complexity index is 662. The van der Waals surface area contributed by atoms with Gasteiger partial charge >= 0.3 is 163 Å². The molecule has 1 aromatic carbocycles. The summed E-state index contributed by atoms with van der Waals surface area (Å²) >= 11 is -5.52. The first-order chi connectivity index (χ1) is 12.7. The number of methoxy groups -OCH3 is 3. The van der Waals surface area contributed by atoms with E-state index in [2.05, 4.69) is 0 Å². The molecule has 0 amide bonds. The zero-order chi connectivity index (χ0) is 20.6. The number of carbonyl (C=O) groups is 3. The molecule has 0 bridgehead atoms. The van der Waals surface area contributed by atoms with Gasteiger partial charge in [0.25, 0.3) is 0 Å². The summed E-state index contributed by atoms with van der Waals surface area (Å²) in [5, 5.41) is 0. The first kappa shape index (κ1) is 23.0. The van der Waals surface area contributed by atoms with E-state index in [9.17, 15) is 14.4 Å². The molecule has 11 heteroatoms. The molecule has 0 N–H and O–H groups in total. The number of carbonyl (C=O) groups excluding carboxylic acids is 3. The molecule has 10 nitrogen and oxygen atoms in total. The van der Waals surface area contributed by atoms with Gasteiger partial charge in [0.1, 0.15) is 0 Å². The third-order valence-corrected chi connectivity index (χ3v) is 13.6. The molecule has 0 heterocycles. The second-order valence-corrected chi connectivity index (χ2v) is 13.9. The summed E-state index contributed by atoms with van der Waals surface area (Å²) in [7, 11) is 4.21. The Morgan fingerprint density at radius 2 is 1.22 bits per heavy atom. The van der Waals surface area contributed by atoms with Crippen molar-refractivity contribution in [1.82, 2.24) is 0 Å². The SMILES string of the molecule is COCOc1cc(OC)c(OC)c[c]1[Pb]([O]C(C)=O)([O]C(C)=O)[O]C(C)=O. The van der Waals surface area contributed by atoms with Crippen LogP contribution in [0, 0.1) is 0 Å². The van der Waals surface area contributed by atoms with Gasteiger partial charge in [-0.3, -0.25) is 0 Å². The first-order valence-electron chi connectivity index (χ1n) is 7.66. The van der Waals surface area contributed by atoms with Crippen LogP contribution in [-0.2, 0) is 27.2 Å². The number of benzene rings is 1. The van der Waals surface area contributed by atoms with Gasteiger partial charge in [0.05, 0.1) is 0 Å². The molecule has 0 radical (unpaired) electrons. The predicted octanol–water partition coefficient (Wildman–Crippen LogP) is 0.522. The molecule has 0 spiro atoms. The minimum atomic E-state index is -5.52. The fraction of sp³-hybridized carbons (Fsp3) is 0.438. The van der Waals surface area contributed by atoms with E-state index < -0.39 is 40.4 Å². The van der Waals surface area contributed by atoms with E-state index in [0.29, 0.717) is 5.75 Å². The van der Waals surface area contributed by atoms with Crippen LogP contribution in [0.25, 0.3) is 0 Å². The van der Waals surface area contributed by atoms with Crippen molar-refractivity contribution < 1.29 is 41.4 Å². The molecule has 0 fully saturated rings. The van der Waals surface area contributed by atoms with E-state index in [1.165, 1.54) is 33.5 Å². The average Bonchev–Trinajstić information content (AvgIpc) is 2.57. The summed E-state index contributed by atoms with van der Waals surface area (Å²) in [6, 6.07) is 2.82. The van der Waals surface area contributed by atoms with Crippen LogP contribution in [0.1, 0.15) is 20.8 Å². The summed E-state index contributed by atoms with van der Waals surface area (Å²) < 4.78 is 36.9. The monoisotopic (exact) mass is 582 g/mol. The molecule has 0 aliphatic heterocycles. The van der Waals surface area contributed by atoms with Crippen molar-refractivity contribution in [3.8, 4) is 17.2 Å². The molecule has 0 aliphatic rings. The van der Waals surface area contributed by atoms with Gasteiger partial charge in [-0.05, 0) is 0 Å². The number of ether oxygens (including phenoxy) is 4. The summed E-state index contributed by atoms with van der Waals surface area (Å²) in [5.74, 6) is -1.74. The van der Waals surface area contributed by atoms with Gasteiger partial charge in [0.2, 0.25) is 0 Å². The molecule has 1 rings (SSSR count). The Morgan fingerprint density at radius 1 is 0.778 bits per heavy atom. The molecular formula is C16H22O10Pb. The Hall–Kier alpha value is -2.09. The van der Waals surface area contributed by atoms with Gasteiger partial charge in [0, 0.05) is 0 Å². The fourth-order valence-corrected chi connectivity index (χ4v) is 11.2. The first-order valence-corrected chi connectivity index (χ1v) is 14.4. The molecule has 150 valence electrons. The summed E-state index contributed by atoms with van der Waals surface area (Å²) in [6.45, 7) is 3.15. The Morgan fingerprint density at radius 3 is 1.59 bits per heavy atom. The Kier molecular flexibility index (Phi) is 8.75. The molecule has 0 atom stereocenters. The third kappa shape index (κ3) is 6.23. The third-order valence-electron chi connectivity index (χ3n) is 2.98. The molecule has 0 saturated heterocycles. The zero-order valence-electron chi connectivity index (χ0n) is 15.9. The van der Waals surface area contributed by atoms with Gasteiger partial charge in [-0.15, -0.1) is 0 Å². The summed E-state index contributed by atoms with van der Waals surface area (Å²) in [6.07, 6.45) is 0. The van der Waals surface area contributed by atoms with E-state index >= 15 is 0 Å². The second-order valence-electron chi connectivity index (χ2n) is 5.09. The molecular weight excluding hydrogens is 559 g/mol. The predicted molar refractivity (Wildman–Crippen MR) is 92.7 cm³/mol. The molecule has 0 saturated carbocycles. The maximum atomic E-state index is 11.7. The van der Waals surface area contributed by atoms with Crippen molar-refractivity contribution in [3.05, 3.63) is 12.1 Å². The topological polar surface area (TPSA) is 116 Å². The minimum absolute atomic E-state index is 0.0952. The molecule has 0 aliphatic carbocycles. The van der Waals surface area contributed by atoms with Crippen LogP contribution in [0.5, 0.6) is 17.2 Å².